The summed E-state index contributed by atoms with van der Waals surface area (Å²) in [6, 6.07) is 0. The number of carbonyl (C=O) groups is 3. The van der Waals surface area contributed by atoms with E-state index >= 15 is 0 Å². The number of Topliss-reactive ketones (excluding diaryl/α,β-unsaturated/α-hetero) is 1. The number of ether oxygens (including phenoxy) is 3. The second-order valence-corrected chi connectivity index (χ2v) is 8.43. The maximum atomic E-state index is 12.6. The van der Waals surface area contributed by atoms with Crippen LogP contribution in [0.15, 0.2) is 0 Å². The summed E-state index contributed by atoms with van der Waals surface area (Å²) >= 11 is 0. The number of esters is 1. The van der Waals surface area contributed by atoms with Crippen LogP contribution in [-0.4, -0.2) is 54.8 Å². The molecule has 0 aromatic rings. The van der Waals surface area contributed by atoms with Gasteiger partial charge in [0, 0.05) is 24.8 Å². The second-order valence-electron chi connectivity index (χ2n) is 8.43. The van der Waals surface area contributed by atoms with Gasteiger partial charge in [-0.05, 0) is 19.8 Å². The fourth-order valence-corrected chi connectivity index (χ4v) is 3.27. The third-order valence-corrected chi connectivity index (χ3v) is 5.41. The molecular weight excluding hydrogens is 338 g/mol. The van der Waals surface area contributed by atoms with E-state index < -0.39 is 23.9 Å². The zero-order chi connectivity index (χ0) is 19.5. The van der Waals surface area contributed by atoms with Crippen molar-refractivity contribution in [1.82, 2.24) is 4.90 Å². The van der Waals surface area contributed by atoms with Gasteiger partial charge in [-0.15, -0.1) is 0 Å². The molecular formula is C19H31NO6. The average molecular weight is 369 g/mol. The number of likely N-dealkylation sites (N-methyl/N-ethyl adjacent to an activating group) is 1. The molecule has 0 aromatic carbocycles. The molecule has 7 heteroatoms. The first-order valence-electron chi connectivity index (χ1n) is 9.32. The van der Waals surface area contributed by atoms with Crippen molar-refractivity contribution in [3.8, 4) is 0 Å². The summed E-state index contributed by atoms with van der Waals surface area (Å²) in [5.41, 5.74) is -1.07. The molecule has 1 amide bonds. The van der Waals surface area contributed by atoms with E-state index in [9.17, 15) is 14.4 Å². The summed E-state index contributed by atoms with van der Waals surface area (Å²) in [7, 11) is 1.57. The van der Waals surface area contributed by atoms with Gasteiger partial charge in [0.05, 0.1) is 19.6 Å². The molecule has 1 aliphatic heterocycles. The third-order valence-electron chi connectivity index (χ3n) is 5.41. The molecule has 0 N–H and O–H groups in total. The van der Waals surface area contributed by atoms with Gasteiger partial charge in [0.15, 0.2) is 5.78 Å². The number of nitrogens with zero attached hydrogens (tertiary/aromatic N) is 1. The molecule has 1 heterocycles. The minimum absolute atomic E-state index is 0.0409. The monoisotopic (exact) mass is 369 g/mol. The Kier molecular flexibility index (Phi) is 6.32. The first-order chi connectivity index (χ1) is 12.1. The van der Waals surface area contributed by atoms with Gasteiger partial charge in [0.25, 0.3) is 6.29 Å². The van der Waals surface area contributed by atoms with Crippen molar-refractivity contribution < 1.29 is 28.6 Å². The standard InChI is InChI=1S/C19H31NO6/c1-13(2)16(25-15(22)10-18(3)11-24-12-18)26-17(23)20(5)19(4)9-7-6-8-14(19)21/h13,16H,6-12H2,1-5H3/t16?,19-/m1/s1. The molecule has 2 fully saturated rings. The van der Waals surface area contributed by atoms with Crippen molar-refractivity contribution in [3.05, 3.63) is 0 Å². The molecule has 26 heavy (non-hydrogen) atoms. The third kappa shape index (κ3) is 4.55. The largest absolute Gasteiger partial charge is 0.425 e. The molecule has 0 radical (unpaired) electrons. The highest BCUT2D eigenvalue weighted by Crippen LogP contribution is 2.32. The summed E-state index contributed by atoms with van der Waals surface area (Å²) in [5.74, 6) is -0.569. The predicted molar refractivity (Wildman–Crippen MR) is 94.4 cm³/mol. The molecule has 0 bridgehead atoms. The summed E-state index contributed by atoms with van der Waals surface area (Å²) in [5, 5.41) is 0. The van der Waals surface area contributed by atoms with Crippen molar-refractivity contribution in [2.75, 3.05) is 20.3 Å². The number of hydrogen-bond acceptors (Lipinski definition) is 6. The smallest absolute Gasteiger partial charge is 0.413 e. The van der Waals surface area contributed by atoms with Gasteiger partial charge in [-0.2, -0.15) is 0 Å². The van der Waals surface area contributed by atoms with E-state index in [2.05, 4.69) is 0 Å². The minimum atomic E-state index is -0.982. The lowest BCUT2D eigenvalue weighted by Crippen LogP contribution is -2.55. The highest BCUT2D eigenvalue weighted by molar-refractivity contribution is 5.91. The highest BCUT2D eigenvalue weighted by Gasteiger charge is 2.43. The van der Waals surface area contributed by atoms with E-state index in [4.69, 9.17) is 14.2 Å². The number of carbonyl (C=O) groups excluding carboxylic acids is 3. The van der Waals surface area contributed by atoms with E-state index in [1.807, 2.05) is 20.8 Å². The Labute approximate surface area is 155 Å². The maximum Gasteiger partial charge on any atom is 0.413 e. The maximum absolute atomic E-state index is 12.6. The first-order valence-corrected chi connectivity index (χ1v) is 9.32. The van der Waals surface area contributed by atoms with Gasteiger partial charge in [-0.3, -0.25) is 14.5 Å². The van der Waals surface area contributed by atoms with Crippen LogP contribution < -0.4 is 0 Å². The zero-order valence-electron chi connectivity index (χ0n) is 16.5. The molecule has 1 aliphatic carbocycles. The summed E-state index contributed by atoms with van der Waals surface area (Å²) in [6.45, 7) is 8.40. The summed E-state index contributed by atoms with van der Waals surface area (Å²) in [6.07, 6.45) is 1.42. The molecule has 2 rings (SSSR count). The number of rotatable bonds is 6. The summed E-state index contributed by atoms with van der Waals surface area (Å²) < 4.78 is 16.0. The number of ketones is 1. The van der Waals surface area contributed by atoms with Crippen LogP contribution in [0.5, 0.6) is 0 Å². The van der Waals surface area contributed by atoms with Crippen LogP contribution in [0.2, 0.25) is 0 Å². The van der Waals surface area contributed by atoms with Crippen molar-refractivity contribution >= 4 is 17.8 Å². The first kappa shape index (κ1) is 20.7. The Hall–Kier alpha value is -1.63. The van der Waals surface area contributed by atoms with Gasteiger partial charge in [0.1, 0.15) is 5.54 Å². The Balaban J connectivity index is 1.96. The fourth-order valence-electron chi connectivity index (χ4n) is 3.27. The molecule has 1 unspecified atom stereocenters. The Morgan fingerprint density at radius 2 is 1.85 bits per heavy atom. The van der Waals surface area contributed by atoms with Crippen LogP contribution in [0.25, 0.3) is 0 Å². The second kappa shape index (κ2) is 7.94. The van der Waals surface area contributed by atoms with E-state index in [0.717, 1.165) is 12.8 Å². The van der Waals surface area contributed by atoms with Gasteiger partial charge in [-0.25, -0.2) is 4.79 Å². The van der Waals surface area contributed by atoms with Crippen LogP contribution in [0.3, 0.4) is 0 Å². The normalized spacial score (nSPS) is 26.0. The fraction of sp³-hybridized carbons (Fsp3) is 0.842. The van der Waals surface area contributed by atoms with Crippen LogP contribution in [0.1, 0.15) is 59.8 Å². The SMILES string of the molecule is CC(C)C(OC(=O)CC1(C)COC1)OC(=O)N(C)[C@]1(C)CCCCC1=O. The molecule has 1 saturated heterocycles. The van der Waals surface area contributed by atoms with Crippen molar-refractivity contribution in [1.29, 1.82) is 0 Å². The lowest BCUT2D eigenvalue weighted by molar-refractivity contribution is -0.188. The molecule has 2 atom stereocenters. The summed E-state index contributed by atoms with van der Waals surface area (Å²) in [4.78, 5) is 38.4. The van der Waals surface area contributed by atoms with Crippen molar-refractivity contribution in [2.45, 2.75) is 71.6 Å². The van der Waals surface area contributed by atoms with Crippen LogP contribution in [0, 0.1) is 11.3 Å². The number of hydrogen-bond donors (Lipinski definition) is 0. The zero-order valence-corrected chi connectivity index (χ0v) is 16.5. The lowest BCUT2D eigenvalue weighted by atomic mass is 9.81. The average Bonchev–Trinajstić information content (AvgIpc) is 2.54. The van der Waals surface area contributed by atoms with Gasteiger partial charge >= 0.3 is 12.1 Å². The molecule has 0 aromatic heterocycles. The quantitative estimate of drug-likeness (QED) is 0.529. The molecule has 148 valence electrons. The van der Waals surface area contributed by atoms with Gasteiger partial charge in [-0.1, -0.05) is 27.2 Å². The lowest BCUT2D eigenvalue weighted by Gasteiger charge is -2.40. The Morgan fingerprint density at radius 3 is 2.35 bits per heavy atom. The van der Waals surface area contributed by atoms with E-state index in [0.29, 0.717) is 26.1 Å². The van der Waals surface area contributed by atoms with Crippen LogP contribution in [0.4, 0.5) is 4.79 Å². The van der Waals surface area contributed by atoms with Gasteiger partial charge < -0.3 is 14.2 Å². The van der Waals surface area contributed by atoms with Crippen LogP contribution >= 0.6 is 0 Å². The minimum Gasteiger partial charge on any atom is -0.425 e. The van der Waals surface area contributed by atoms with Crippen molar-refractivity contribution in [2.24, 2.45) is 11.3 Å². The van der Waals surface area contributed by atoms with Gasteiger partial charge in [0.2, 0.25) is 0 Å². The van der Waals surface area contributed by atoms with Crippen LogP contribution in [-0.2, 0) is 23.8 Å². The highest BCUT2D eigenvalue weighted by atomic mass is 16.7. The van der Waals surface area contributed by atoms with Crippen molar-refractivity contribution in [3.63, 3.8) is 0 Å². The molecule has 7 nitrogen and oxygen atoms in total. The molecule has 2 aliphatic rings. The van der Waals surface area contributed by atoms with E-state index in [1.165, 1.54) is 4.90 Å². The topological polar surface area (TPSA) is 82.1 Å². The Morgan fingerprint density at radius 1 is 1.19 bits per heavy atom. The van der Waals surface area contributed by atoms with E-state index in [1.54, 1.807) is 14.0 Å². The molecule has 1 saturated carbocycles. The number of amides is 1. The molecule has 0 spiro atoms. The Bertz CT molecular complexity index is 556. The predicted octanol–water partition coefficient (Wildman–Crippen LogP) is 2.91. The van der Waals surface area contributed by atoms with E-state index in [-0.39, 0.29) is 23.5 Å².